The Morgan fingerprint density at radius 1 is 0.786 bits per heavy atom. The zero-order valence-electron chi connectivity index (χ0n) is 14.7. The van der Waals surface area contributed by atoms with E-state index in [2.05, 4.69) is 0 Å². The van der Waals surface area contributed by atoms with Crippen molar-refractivity contribution < 1.29 is 32.4 Å². The van der Waals surface area contributed by atoms with Crippen LogP contribution in [0.3, 0.4) is 0 Å². The smallest absolute Gasteiger partial charge is 0.423 e. The molecule has 0 saturated carbocycles. The molecule has 0 aliphatic heterocycles. The molecule has 0 spiro atoms. The lowest BCUT2D eigenvalue weighted by atomic mass is 9.80. The molecule has 2 N–H and O–H groups in total. The van der Waals surface area contributed by atoms with Crippen molar-refractivity contribution >= 4 is 18.4 Å². The van der Waals surface area contributed by atoms with Crippen molar-refractivity contribution in [2.45, 2.75) is 6.92 Å². The van der Waals surface area contributed by atoms with Gasteiger partial charge in [0.2, 0.25) is 0 Å². The number of Topliss-reactive ketones (excluding diaryl/α,β-unsaturated/α-hetero) is 1. The highest BCUT2D eigenvalue weighted by Gasteiger charge is 2.16. The Morgan fingerprint density at radius 3 is 1.89 bits per heavy atom. The van der Waals surface area contributed by atoms with Crippen LogP contribution < -0.4 is 5.46 Å². The molecule has 0 bridgehead atoms. The van der Waals surface area contributed by atoms with Crippen molar-refractivity contribution in [2.75, 3.05) is 0 Å². The Morgan fingerprint density at radius 2 is 1.36 bits per heavy atom. The number of carbonyl (C=O) groups excluding carboxylic acids is 1. The Labute approximate surface area is 159 Å². The van der Waals surface area contributed by atoms with Crippen LogP contribution in [0.1, 0.15) is 17.3 Å². The molecule has 0 aliphatic rings. The van der Waals surface area contributed by atoms with Crippen LogP contribution >= 0.6 is 0 Å². The van der Waals surface area contributed by atoms with Gasteiger partial charge in [-0.15, -0.1) is 0 Å². The fourth-order valence-corrected chi connectivity index (χ4v) is 2.44. The monoisotopic (exact) mass is 390 g/mol. The summed E-state index contributed by atoms with van der Waals surface area (Å²) in [4.78, 5) is 11.4. The van der Waals surface area contributed by atoms with Crippen LogP contribution in [0.5, 0.6) is 0 Å². The zero-order valence-corrected chi connectivity index (χ0v) is 14.7. The van der Waals surface area contributed by atoms with Gasteiger partial charge in [0.25, 0.3) is 0 Å². The molecule has 8 heteroatoms. The number of benzene rings is 3. The van der Waals surface area contributed by atoms with Gasteiger partial charge in [0.15, 0.2) is 5.78 Å². The minimum Gasteiger partial charge on any atom is -0.423 e. The molecule has 3 nitrogen and oxygen atoms in total. The minimum absolute atomic E-state index is 0.149. The normalized spacial score (nSPS) is 10.1. The predicted octanol–water partition coefficient (Wildman–Crippen LogP) is 3.48. The Kier molecular flexibility index (Phi) is 7.09. The number of hydrogen-bond donors (Lipinski definition) is 2. The van der Waals surface area contributed by atoms with Gasteiger partial charge in [-0.3, -0.25) is 4.79 Å². The van der Waals surface area contributed by atoms with Crippen molar-refractivity contribution in [3.05, 3.63) is 89.5 Å². The second kappa shape index (κ2) is 9.30. The van der Waals surface area contributed by atoms with Gasteiger partial charge in [-0.2, -0.15) is 0 Å². The molecule has 0 radical (unpaired) electrons. The summed E-state index contributed by atoms with van der Waals surface area (Å²) in [7, 11) is -1.89. The third-order valence-electron chi connectivity index (χ3n) is 3.77. The molecule has 28 heavy (non-hydrogen) atoms. The maximum Gasteiger partial charge on any atom is 0.491 e. The molecule has 0 heterocycles. The number of carbonyl (C=O) groups is 1. The van der Waals surface area contributed by atoms with Gasteiger partial charge in [-0.05, 0) is 30.7 Å². The second-order valence-corrected chi connectivity index (χ2v) is 5.77. The first-order valence-electron chi connectivity index (χ1n) is 8.07. The summed E-state index contributed by atoms with van der Waals surface area (Å²) in [6, 6.07) is 12.6. The molecular weight excluding hydrogens is 375 g/mol. The lowest BCUT2D eigenvalue weighted by molar-refractivity contribution is 0.101. The van der Waals surface area contributed by atoms with Gasteiger partial charge in [0, 0.05) is 28.7 Å². The molecule has 3 rings (SSSR count). The van der Waals surface area contributed by atoms with Crippen LogP contribution in [0.2, 0.25) is 0 Å². The molecule has 0 unspecified atom stereocenters. The highest BCUT2D eigenvalue weighted by molar-refractivity contribution is 6.58. The van der Waals surface area contributed by atoms with Crippen LogP contribution in [0, 0.1) is 23.3 Å². The van der Waals surface area contributed by atoms with Gasteiger partial charge in [-0.1, -0.05) is 30.3 Å². The summed E-state index contributed by atoms with van der Waals surface area (Å²) in [5, 5.41) is 17.0. The first-order valence-corrected chi connectivity index (χ1v) is 8.07. The van der Waals surface area contributed by atoms with E-state index in [9.17, 15) is 22.4 Å². The number of rotatable bonds is 3. The summed E-state index contributed by atoms with van der Waals surface area (Å²) in [5.41, 5.74) is 0.819. The number of ketones is 1. The van der Waals surface area contributed by atoms with Crippen molar-refractivity contribution in [1.82, 2.24) is 0 Å². The molecule has 0 aliphatic carbocycles. The van der Waals surface area contributed by atoms with Crippen molar-refractivity contribution in [2.24, 2.45) is 0 Å². The summed E-state index contributed by atoms with van der Waals surface area (Å²) < 4.78 is 51.2. The van der Waals surface area contributed by atoms with E-state index < -0.39 is 30.4 Å². The van der Waals surface area contributed by atoms with Gasteiger partial charge in [0.1, 0.15) is 23.3 Å². The molecule has 3 aromatic carbocycles. The van der Waals surface area contributed by atoms with Crippen LogP contribution in [0.4, 0.5) is 17.6 Å². The lowest BCUT2D eigenvalue weighted by Crippen LogP contribution is -2.32. The predicted molar refractivity (Wildman–Crippen MR) is 98.0 cm³/mol. The largest absolute Gasteiger partial charge is 0.491 e. The average molecular weight is 390 g/mol. The topological polar surface area (TPSA) is 57.5 Å². The van der Waals surface area contributed by atoms with Crippen molar-refractivity contribution in [3.8, 4) is 11.1 Å². The van der Waals surface area contributed by atoms with E-state index in [-0.39, 0.29) is 16.8 Å². The molecule has 0 fully saturated rings. The molecule has 0 aromatic heterocycles. The third kappa shape index (κ3) is 5.28. The van der Waals surface area contributed by atoms with E-state index in [0.29, 0.717) is 17.2 Å². The number of halogens is 4. The first-order chi connectivity index (χ1) is 13.2. The first kappa shape index (κ1) is 21.3. The zero-order chi connectivity index (χ0) is 20.8. The van der Waals surface area contributed by atoms with E-state index in [1.165, 1.54) is 19.1 Å². The molecule has 3 aromatic rings. The van der Waals surface area contributed by atoms with Gasteiger partial charge in [-0.25, -0.2) is 17.6 Å². The van der Waals surface area contributed by atoms with Crippen LogP contribution in [0.25, 0.3) is 11.1 Å². The van der Waals surface area contributed by atoms with E-state index >= 15 is 0 Å². The van der Waals surface area contributed by atoms with E-state index in [1.54, 1.807) is 24.3 Å². The second-order valence-electron chi connectivity index (χ2n) is 5.77. The molecule has 0 atom stereocenters. The van der Waals surface area contributed by atoms with Gasteiger partial charge < -0.3 is 10.0 Å². The minimum atomic E-state index is -1.89. The molecule has 144 valence electrons. The van der Waals surface area contributed by atoms with Crippen LogP contribution in [-0.4, -0.2) is 22.9 Å². The van der Waals surface area contributed by atoms with Gasteiger partial charge in [0.05, 0.1) is 0 Å². The summed E-state index contributed by atoms with van der Waals surface area (Å²) >= 11 is 0. The Hall–Kier alpha value is -2.97. The van der Waals surface area contributed by atoms with Gasteiger partial charge >= 0.3 is 7.12 Å². The summed E-state index contributed by atoms with van der Waals surface area (Å²) in [6.45, 7) is 1.42. The van der Waals surface area contributed by atoms with Crippen LogP contribution in [-0.2, 0) is 0 Å². The van der Waals surface area contributed by atoms with Crippen molar-refractivity contribution in [1.29, 1.82) is 0 Å². The maximum absolute atomic E-state index is 13.6. The Balaban J connectivity index is 0.000000221. The third-order valence-corrected chi connectivity index (χ3v) is 3.77. The Bertz CT molecular complexity index is 993. The van der Waals surface area contributed by atoms with Crippen LogP contribution in [0.15, 0.2) is 60.7 Å². The lowest BCUT2D eigenvalue weighted by Gasteiger charge is -2.08. The highest BCUT2D eigenvalue weighted by Crippen LogP contribution is 2.27. The van der Waals surface area contributed by atoms with E-state index in [1.807, 2.05) is 0 Å². The number of hydrogen-bond acceptors (Lipinski definition) is 3. The van der Waals surface area contributed by atoms with E-state index in [4.69, 9.17) is 10.0 Å². The van der Waals surface area contributed by atoms with E-state index in [0.717, 1.165) is 18.2 Å². The molecule has 0 saturated heterocycles. The average Bonchev–Trinajstić information content (AvgIpc) is 2.62. The molecule has 0 amide bonds. The highest BCUT2D eigenvalue weighted by atomic mass is 19.1. The fraction of sp³-hybridized carbons (Fsp3) is 0.0500. The maximum atomic E-state index is 13.6. The standard InChI is InChI=1S/C14H10F2O.C6H5BF2O2/c1-9(17)11-4-2-3-5-12(11)13-7-6-10(15)8-14(13)16;8-4-1-2-5(7(10)11)6(9)3-4/h2-8H,1H3;1-3,10-11H. The SMILES string of the molecule is CC(=O)c1ccccc1-c1ccc(F)cc1F.OB(O)c1ccc(F)cc1F. The molecular formula is C20H15BF4O3. The fourth-order valence-electron chi connectivity index (χ4n) is 2.44. The summed E-state index contributed by atoms with van der Waals surface area (Å²) in [6.07, 6.45) is 0. The quantitative estimate of drug-likeness (QED) is 0.409. The summed E-state index contributed by atoms with van der Waals surface area (Å²) in [5.74, 6) is -3.15. The van der Waals surface area contributed by atoms with Crippen molar-refractivity contribution in [3.63, 3.8) is 0 Å².